The fourth-order valence-corrected chi connectivity index (χ4v) is 4.60. The van der Waals surface area contributed by atoms with Gasteiger partial charge in [-0.1, -0.05) is 61.5 Å². The SMILES string of the molecule is CCC(CNC(=O)C1C2Cc3ccccc3C21)(C(=O)O)c1ccccc1. The van der Waals surface area contributed by atoms with Crippen molar-refractivity contribution in [2.45, 2.75) is 31.1 Å². The number of carboxylic acid groups (broad SMARTS) is 1. The van der Waals surface area contributed by atoms with E-state index in [-0.39, 0.29) is 18.4 Å². The van der Waals surface area contributed by atoms with Gasteiger partial charge in [-0.05, 0) is 41.4 Å². The minimum absolute atomic E-state index is 0.00971. The molecule has 1 amide bonds. The highest BCUT2D eigenvalue weighted by molar-refractivity contribution is 5.87. The van der Waals surface area contributed by atoms with E-state index in [9.17, 15) is 14.7 Å². The van der Waals surface area contributed by atoms with Gasteiger partial charge in [0.25, 0.3) is 0 Å². The van der Waals surface area contributed by atoms with E-state index in [0.717, 1.165) is 12.0 Å². The van der Waals surface area contributed by atoms with Crippen LogP contribution in [0.5, 0.6) is 0 Å². The number of carbonyl (C=O) groups excluding carboxylic acids is 1. The molecule has 4 unspecified atom stereocenters. The average Bonchev–Trinajstić information content (AvgIpc) is 3.25. The molecule has 4 atom stereocenters. The first-order valence-electron chi connectivity index (χ1n) is 9.23. The molecule has 4 rings (SSSR count). The van der Waals surface area contributed by atoms with Crippen LogP contribution in [0.4, 0.5) is 0 Å². The Hall–Kier alpha value is -2.62. The van der Waals surface area contributed by atoms with Crippen LogP contribution in [0.2, 0.25) is 0 Å². The van der Waals surface area contributed by atoms with Crippen molar-refractivity contribution in [1.82, 2.24) is 5.32 Å². The predicted molar refractivity (Wildman–Crippen MR) is 98.9 cm³/mol. The van der Waals surface area contributed by atoms with Crippen LogP contribution in [0.15, 0.2) is 54.6 Å². The minimum Gasteiger partial charge on any atom is -0.481 e. The van der Waals surface area contributed by atoms with Crippen molar-refractivity contribution in [3.63, 3.8) is 0 Å². The van der Waals surface area contributed by atoms with E-state index in [0.29, 0.717) is 18.3 Å². The number of rotatable bonds is 6. The van der Waals surface area contributed by atoms with Crippen molar-refractivity contribution in [3.05, 3.63) is 71.3 Å². The van der Waals surface area contributed by atoms with E-state index in [2.05, 4.69) is 17.4 Å². The Kier molecular flexibility index (Phi) is 4.06. The van der Waals surface area contributed by atoms with Crippen molar-refractivity contribution >= 4 is 11.9 Å². The molecular formula is C22H23NO3. The number of nitrogens with one attached hydrogen (secondary N) is 1. The molecule has 26 heavy (non-hydrogen) atoms. The van der Waals surface area contributed by atoms with E-state index >= 15 is 0 Å². The molecule has 0 bridgehead atoms. The lowest BCUT2D eigenvalue weighted by atomic mass is 9.78. The molecule has 0 saturated heterocycles. The summed E-state index contributed by atoms with van der Waals surface area (Å²) in [5, 5.41) is 12.8. The smallest absolute Gasteiger partial charge is 0.315 e. The van der Waals surface area contributed by atoms with Gasteiger partial charge in [0, 0.05) is 12.5 Å². The van der Waals surface area contributed by atoms with Gasteiger partial charge in [-0.3, -0.25) is 9.59 Å². The summed E-state index contributed by atoms with van der Waals surface area (Å²) in [6.07, 6.45) is 1.38. The maximum absolute atomic E-state index is 12.7. The first-order chi connectivity index (χ1) is 12.6. The van der Waals surface area contributed by atoms with Gasteiger partial charge in [0.2, 0.25) is 5.91 Å². The summed E-state index contributed by atoms with van der Waals surface area (Å²) in [7, 11) is 0. The summed E-state index contributed by atoms with van der Waals surface area (Å²) in [5.41, 5.74) is 2.29. The number of fused-ring (bicyclic) bond motifs is 3. The topological polar surface area (TPSA) is 66.4 Å². The molecular weight excluding hydrogens is 326 g/mol. The van der Waals surface area contributed by atoms with Gasteiger partial charge >= 0.3 is 5.97 Å². The molecule has 2 aromatic carbocycles. The summed E-state index contributed by atoms with van der Waals surface area (Å²) in [6, 6.07) is 17.5. The van der Waals surface area contributed by atoms with Crippen LogP contribution >= 0.6 is 0 Å². The molecule has 0 heterocycles. The summed E-state index contributed by atoms with van der Waals surface area (Å²) >= 11 is 0. The normalized spacial score (nSPS) is 24.9. The molecule has 2 aromatic rings. The Bertz CT molecular complexity index is 847. The average molecular weight is 349 g/mol. The zero-order valence-electron chi connectivity index (χ0n) is 14.8. The maximum Gasteiger partial charge on any atom is 0.315 e. The second-order valence-corrected chi connectivity index (χ2v) is 7.44. The minimum atomic E-state index is -1.08. The Balaban J connectivity index is 1.48. The van der Waals surface area contributed by atoms with Crippen LogP contribution in [0.3, 0.4) is 0 Å². The summed E-state index contributed by atoms with van der Waals surface area (Å²) in [5.74, 6) is -0.227. The highest BCUT2D eigenvalue weighted by atomic mass is 16.4. The fourth-order valence-electron chi connectivity index (χ4n) is 4.60. The van der Waals surface area contributed by atoms with E-state index in [1.165, 1.54) is 11.1 Å². The standard InChI is InChI=1S/C22H23NO3/c1-2-22(21(25)26,15-9-4-3-5-10-15)13-23-20(24)19-17-12-14-8-6-7-11-16(14)18(17)19/h3-11,17-19H,2,12-13H2,1H3,(H,23,24)(H,25,26). The molecule has 0 aromatic heterocycles. The number of hydrogen-bond donors (Lipinski definition) is 2. The van der Waals surface area contributed by atoms with Gasteiger partial charge in [0.05, 0.1) is 0 Å². The Labute approximate surface area is 153 Å². The molecule has 4 heteroatoms. The van der Waals surface area contributed by atoms with Crippen LogP contribution in [0, 0.1) is 11.8 Å². The van der Waals surface area contributed by atoms with Crippen molar-refractivity contribution in [3.8, 4) is 0 Å². The van der Waals surface area contributed by atoms with E-state index in [4.69, 9.17) is 0 Å². The van der Waals surface area contributed by atoms with Gasteiger partial charge in [-0.15, -0.1) is 0 Å². The number of hydrogen-bond acceptors (Lipinski definition) is 2. The molecule has 0 aliphatic heterocycles. The lowest BCUT2D eigenvalue weighted by Crippen LogP contribution is -2.46. The Morgan fingerprint density at radius 1 is 1.12 bits per heavy atom. The Morgan fingerprint density at radius 2 is 1.81 bits per heavy atom. The monoisotopic (exact) mass is 349 g/mol. The Morgan fingerprint density at radius 3 is 2.50 bits per heavy atom. The second kappa shape index (κ2) is 6.27. The van der Waals surface area contributed by atoms with Crippen molar-refractivity contribution in [2.24, 2.45) is 11.8 Å². The third-order valence-electron chi connectivity index (χ3n) is 6.24. The first kappa shape index (κ1) is 16.8. The first-order valence-corrected chi connectivity index (χ1v) is 9.23. The van der Waals surface area contributed by atoms with Crippen molar-refractivity contribution in [1.29, 1.82) is 0 Å². The number of aliphatic carboxylic acids is 1. The quantitative estimate of drug-likeness (QED) is 0.842. The fraction of sp³-hybridized carbons (Fsp3) is 0.364. The molecule has 1 saturated carbocycles. The largest absolute Gasteiger partial charge is 0.481 e. The van der Waals surface area contributed by atoms with Crippen LogP contribution in [-0.4, -0.2) is 23.5 Å². The second-order valence-electron chi connectivity index (χ2n) is 7.44. The van der Waals surface area contributed by atoms with Crippen molar-refractivity contribution in [2.75, 3.05) is 6.54 Å². The third kappa shape index (κ3) is 2.52. The van der Waals surface area contributed by atoms with Gasteiger partial charge in [0.1, 0.15) is 5.41 Å². The highest BCUT2D eigenvalue weighted by Crippen LogP contribution is 2.61. The van der Waals surface area contributed by atoms with Crippen LogP contribution in [0.25, 0.3) is 0 Å². The van der Waals surface area contributed by atoms with Gasteiger partial charge in [-0.25, -0.2) is 0 Å². The van der Waals surface area contributed by atoms with Gasteiger partial charge in [-0.2, -0.15) is 0 Å². The molecule has 1 fully saturated rings. The predicted octanol–water partition coefficient (Wildman–Crippen LogP) is 3.12. The van der Waals surface area contributed by atoms with Crippen molar-refractivity contribution < 1.29 is 14.7 Å². The number of benzene rings is 2. The highest BCUT2D eigenvalue weighted by Gasteiger charge is 2.59. The maximum atomic E-state index is 12.7. The number of carbonyl (C=O) groups is 2. The van der Waals surface area contributed by atoms with Gasteiger partial charge < -0.3 is 10.4 Å². The summed E-state index contributed by atoms with van der Waals surface area (Å²) < 4.78 is 0. The summed E-state index contributed by atoms with van der Waals surface area (Å²) in [6.45, 7) is 1.98. The van der Waals surface area contributed by atoms with E-state index in [1.807, 2.05) is 49.4 Å². The lowest BCUT2D eigenvalue weighted by molar-refractivity contribution is -0.144. The molecule has 4 nitrogen and oxygen atoms in total. The van der Waals surface area contributed by atoms with Crippen LogP contribution in [-0.2, 0) is 21.4 Å². The zero-order valence-corrected chi connectivity index (χ0v) is 14.8. The third-order valence-corrected chi connectivity index (χ3v) is 6.24. The molecule has 2 aliphatic rings. The zero-order chi connectivity index (χ0) is 18.3. The molecule has 2 N–H and O–H groups in total. The molecule has 0 spiro atoms. The summed E-state index contributed by atoms with van der Waals surface area (Å²) in [4.78, 5) is 24.8. The van der Waals surface area contributed by atoms with E-state index in [1.54, 1.807) is 0 Å². The van der Waals surface area contributed by atoms with Crippen LogP contribution < -0.4 is 5.32 Å². The van der Waals surface area contributed by atoms with E-state index < -0.39 is 11.4 Å². The molecule has 0 radical (unpaired) electrons. The number of carboxylic acids is 1. The van der Waals surface area contributed by atoms with Crippen LogP contribution in [0.1, 0.15) is 36.0 Å². The van der Waals surface area contributed by atoms with Gasteiger partial charge in [0.15, 0.2) is 0 Å². The molecule has 134 valence electrons. The number of amides is 1. The molecule has 2 aliphatic carbocycles. The lowest BCUT2D eigenvalue weighted by Gasteiger charge is -2.29.